The Morgan fingerprint density at radius 1 is 0.875 bits per heavy atom. The predicted octanol–water partition coefficient (Wildman–Crippen LogP) is 7.42. The van der Waals surface area contributed by atoms with Gasteiger partial charge in [0, 0.05) is 68.3 Å². The molecule has 0 atom stereocenters. The van der Waals surface area contributed by atoms with Gasteiger partial charge in [-0.1, -0.05) is 0 Å². The highest BCUT2D eigenvalue weighted by atomic mass is 19.4. The summed E-state index contributed by atoms with van der Waals surface area (Å²) < 4.78 is 47.2. The SMILES string of the molecule is CCOc1cncc(-c2cc(C(=O)N3CCN(c4ccc(C(=O)N(C)CC56CC7CC(CC(C7)C5)C6)cc4)CC3)cc(C(F)(F)F)c2)c1. The van der Waals surface area contributed by atoms with E-state index in [0.29, 0.717) is 49.7 Å². The number of ether oxygens (including phenoxy) is 1. The average Bonchev–Trinajstić information content (AvgIpc) is 3.06. The Balaban J connectivity index is 0.989. The summed E-state index contributed by atoms with van der Waals surface area (Å²) in [5.41, 5.74) is 1.69. The van der Waals surface area contributed by atoms with E-state index in [9.17, 15) is 22.8 Å². The molecule has 1 aliphatic heterocycles. The van der Waals surface area contributed by atoms with Gasteiger partial charge in [-0.15, -0.1) is 0 Å². The molecule has 0 unspecified atom stereocenters. The highest BCUT2D eigenvalue weighted by Gasteiger charge is 2.51. The minimum atomic E-state index is -4.62. The zero-order valence-corrected chi connectivity index (χ0v) is 27.6. The van der Waals surface area contributed by atoms with Crippen LogP contribution in [0.4, 0.5) is 18.9 Å². The zero-order valence-electron chi connectivity index (χ0n) is 27.6. The molecule has 2 heterocycles. The number of pyridine rings is 1. The van der Waals surface area contributed by atoms with Crippen LogP contribution in [0, 0.1) is 23.2 Å². The maximum atomic E-state index is 13.9. The van der Waals surface area contributed by atoms with Crippen molar-refractivity contribution < 1.29 is 27.5 Å². The lowest BCUT2D eigenvalue weighted by Gasteiger charge is -2.57. The highest BCUT2D eigenvalue weighted by Crippen LogP contribution is 2.60. The number of nitrogens with zero attached hydrogens (tertiary/aromatic N) is 4. The lowest BCUT2D eigenvalue weighted by Crippen LogP contribution is -2.51. The third-order valence-electron chi connectivity index (χ3n) is 11.0. The van der Waals surface area contributed by atoms with Gasteiger partial charge in [0.15, 0.2) is 0 Å². The van der Waals surface area contributed by atoms with Gasteiger partial charge in [0.2, 0.25) is 0 Å². The monoisotopic (exact) mass is 660 g/mol. The molecule has 8 rings (SSSR count). The van der Waals surface area contributed by atoms with Crippen LogP contribution in [0.3, 0.4) is 0 Å². The smallest absolute Gasteiger partial charge is 0.416 e. The van der Waals surface area contributed by atoms with E-state index in [4.69, 9.17) is 4.74 Å². The quantitative estimate of drug-likeness (QED) is 0.252. The van der Waals surface area contributed by atoms with E-state index in [1.165, 1.54) is 57.0 Å². The minimum Gasteiger partial charge on any atom is -0.492 e. The molecule has 2 aromatic carbocycles. The lowest BCUT2D eigenvalue weighted by molar-refractivity contribution is -0.137. The second-order valence-electron chi connectivity index (χ2n) is 14.5. The maximum absolute atomic E-state index is 13.9. The van der Waals surface area contributed by atoms with Gasteiger partial charge in [0.05, 0.1) is 18.4 Å². The van der Waals surface area contributed by atoms with E-state index in [0.717, 1.165) is 42.1 Å². The highest BCUT2D eigenvalue weighted by molar-refractivity contribution is 5.96. The molecule has 48 heavy (non-hydrogen) atoms. The lowest BCUT2D eigenvalue weighted by atomic mass is 9.49. The van der Waals surface area contributed by atoms with Gasteiger partial charge in [0.25, 0.3) is 11.8 Å². The van der Waals surface area contributed by atoms with Crippen LogP contribution in [0.2, 0.25) is 0 Å². The van der Waals surface area contributed by atoms with E-state index >= 15 is 0 Å². The van der Waals surface area contributed by atoms with Gasteiger partial charge in [-0.25, -0.2) is 0 Å². The Morgan fingerprint density at radius 3 is 2.12 bits per heavy atom. The largest absolute Gasteiger partial charge is 0.492 e. The fourth-order valence-corrected chi connectivity index (χ4v) is 9.35. The van der Waals surface area contributed by atoms with Gasteiger partial charge < -0.3 is 19.4 Å². The molecule has 2 amide bonds. The molecule has 0 radical (unpaired) electrons. The Bertz CT molecular complexity index is 1630. The molecular weight excluding hydrogens is 617 g/mol. The van der Waals surface area contributed by atoms with Gasteiger partial charge in [-0.3, -0.25) is 14.6 Å². The minimum absolute atomic E-state index is 0.0179. The first-order valence-electron chi connectivity index (χ1n) is 17.2. The molecule has 10 heteroatoms. The Kier molecular flexibility index (Phi) is 8.62. The molecule has 5 fully saturated rings. The number of amides is 2. The van der Waals surface area contributed by atoms with E-state index in [2.05, 4.69) is 9.88 Å². The molecule has 1 aromatic heterocycles. The number of carbonyl (C=O) groups excluding carboxylic acids is 2. The molecule has 3 aromatic rings. The molecule has 4 saturated carbocycles. The summed E-state index contributed by atoms with van der Waals surface area (Å²) in [6, 6.07) is 12.7. The molecule has 254 valence electrons. The summed E-state index contributed by atoms with van der Waals surface area (Å²) in [5, 5.41) is 0. The number of piperazine rings is 1. The van der Waals surface area contributed by atoms with Gasteiger partial charge in [0.1, 0.15) is 5.75 Å². The summed E-state index contributed by atoms with van der Waals surface area (Å²) in [6.07, 6.45) is 6.28. The van der Waals surface area contributed by atoms with Crippen LogP contribution in [0.15, 0.2) is 60.9 Å². The fourth-order valence-electron chi connectivity index (χ4n) is 9.35. The standard InChI is InChI=1S/C38H43F3N4O3/c1-3-48-34-18-31(22-42-23-34)29-15-30(17-32(16-29)38(39,40)41)36(47)45-10-8-44(9-11-45)33-6-4-28(5-7-33)35(46)43(2)24-37-19-25-12-26(20-37)14-27(13-25)21-37/h4-7,15-18,22-23,25-27H,3,8-14,19-21,24H2,1-2H3. The Hall–Kier alpha value is -4.08. The first-order chi connectivity index (χ1) is 23.0. The topological polar surface area (TPSA) is 66.0 Å². The second kappa shape index (κ2) is 12.7. The second-order valence-corrected chi connectivity index (χ2v) is 14.5. The fraction of sp³-hybridized carbons (Fsp3) is 0.500. The molecular formula is C38H43F3N4O3. The van der Waals surface area contributed by atoms with Crippen LogP contribution >= 0.6 is 0 Å². The third-order valence-corrected chi connectivity index (χ3v) is 11.0. The van der Waals surface area contributed by atoms with Crippen molar-refractivity contribution in [2.24, 2.45) is 23.2 Å². The van der Waals surface area contributed by atoms with Gasteiger partial charge >= 0.3 is 6.18 Å². The Morgan fingerprint density at radius 2 is 1.52 bits per heavy atom. The number of hydrogen-bond donors (Lipinski definition) is 0. The molecule has 7 nitrogen and oxygen atoms in total. The number of benzene rings is 2. The molecule has 4 aliphatic carbocycles. The summed E-state index contributed by atoms with van der Waals surface area (Å²) in [4.78, 5) is 36.8. The van der Waals surface area contributed by atoms with Crippen molar-refractivity contribution in [2.75, 3.05) is 51.3 Å². The van der Waals surface area contributed by atoms with Crippen LogP contribution < -0.4 is 9.64 Å². The molecule has 0 N–H and O–H groups in total. The number of hydrogen-bond acceptors (Lipinski definition) is 5. The summed E-state index contributed by atoms with van der Waals surface area (Å²) >= 11 is 0. The van der Waals surface area contributed by atoms with Crippen molar-refractivity contribution in [1.82, 2.24) is 14.8 Å². The number of rotatable bonds is 8. The molecule has 5 aliphatic rings. The number of aromatic nitrogens is 1. The first-order valence-corrected chi connectivity index (χ1v) is 17.2. The summed E-state index contributed by atoms with van der Waals surface area (Å²) in [7, 11) is 1.94. The Labute approximate surface area is 280 Å². The number of halogens is 3. The zero-order chi connectivity index (χ0) is 33.6. The summed E-state index contributed by atoms with van der Waals surface area (Å²) in [5.74, 6) is 2.58. The third kappa shape index (κ3) is 6.63. The normalized spacial score (nSPS) is 24.9. The van der Waals surface area contributed by atoms with Gasteiger partial charge in [-0.2, -0.15) is 13.2 Å². The van der Waals surface area contributed by atoms with Crippen molar-refractivity contribution in [2.45, 2.75) is 51.6 Å². The van der Waals surface area contributed by atoms with E-state index in [1.807, 2.05) is 43.1 Å². The van der Waals surface area contributed by atoms with Gasteiger partial charge in [-0.05, 0) is 123 Å². The van der Waals surface area contributed by atoms with Crippen LogP contribution in [0.5, 0.6) is 5.75 Å². The van der Waals surface area contributed by atoms with E-state index < -0.39 is 17.6 Å². The van der Waals surface area contributed by atoms with E-state index in [-0.39, 0.29) is 22.4 Å². The van der Waals surface area contributed by atoms with Crippen LogP contribution in [0.1, 0.15) is 71.7 Å². The van der Waals surface area contributed by atoms with Crippen molar-refractivity contribution in [3.63, 3.8) is 0 Å². The average molecular weight is 661 g/mol. The molecule has 4 bridgehead atoms. The number of anilines is 1. The molecule has 1 saturated heterocycles. The van der Waals surface area contributed by atoms with Crippen molar-refractivity contribution in [1.29, 1.82) is 0 Å². The van der Waals surface area contributed by atoms with Crippen molar-refractivity contribution in [3.8, 4) is 16.9 Å². The maximum Gasteiger partial charge on any atom is 0.416 e. The van der Waals surface area contributed by atoms with Crippen LogP contribution in [-0.2, 0) is 6.18 Å². The number of alkyl halides is 3. The predicted molar refractivity (Wildman–Crippen MR) is 178 cm³/mol. The summed E-state index contributed by atoms with van der Waals surface area (Å²) in [6.45, 7) is 4.81. The molecule has 0 spiro atoms. The van der Waals surface area contributed by atoms with Crippen molar-refractivity contribution in [3.05, 3.63) is 77.6 Å². The van der Waals surface area contributed by atoms with Crippen molar-refractivity contribution >= 4 is 17.5 Å². The van der Waals surface area contributed by atoms with E-state index in [1.54, 1.807) is 11.0 Å². The number of carbonyl (C=O) groups is 2. The van der Waals surface area contributed by atoms with Crippen LogP contribution in [0.25, 0.3) is 11.1 Å². The first kappa shape index (κ1) is 32.5. The van der Waals surface area contributed by atoms with Crippen LogP contribution in [-0.4, -0.2) is 73.0 Å².